The van der Waals surface area contributed by atoms with Gasteiger partial charge in [0.25, 0.3) is 0 Å². The molecule has 1 aliphatic heterocycles. The smallest absolute Gasteiger partial charge is 0.131 e. The van der Waals surface area contributed by atoms with Crippen LogP contribution in [0, 0.1) is 5.82 Å². The molecule has 1 heterocycles. The monoisotopic (exact) mass is 266 g/mol. The number of anilines is 1. The molecule has 1 aromatic carbocycles. The molecule has 0 aromatic heterocycles. The molecule has 1 saturated heterocycles. The van der Waals surface area contributed by atoms with Crippen LogP contribution in [0.4, 0.5) is 10.1 Å². The van der Waals surface area contributed by atoms with Gasteiger partial charge in [-0.1, -0.05) is 13.0 Å². The number of hydrogen-bond donors (Lipinski definition) is 1. The van der Waals surface area contributed by atoms with Gasteiger partial charge >= 0.3 is 0 Å². The van der Waals surface area contributed by atoms with Crippen molar-refractivity contribution in [1.29, 1.82) is 0 Å². The van der Waals surface area contributed by atoms with E-state index in [1.807, 2.05) is 6.07 Å². The van der Waals surface area contributed by atoms with Gasteiger partial charge in [-0.15, -0.1) is 0 Å². The van der Waals surface area contributed by atoms with Crippen molar-refractivity contribution in [3.63, 3.8) is 0 Å². The van der Waals surface area contributed by atoms with E-state index in [-0.39, 0.29) is 5.82 Å². The molecule has 1 aliphatic rings. The second kappa shape index (κ2) is 6.35. The van der Waals surface area contributed by atoms with Gasteiger partial charge in [0, 0.05) is 37.4 Å². The van der Waals surface area contributed by atoms with Gasteiger partial charge in [0.05, 0.1) is 6.10 Å². The van der Waals surface area contributed by atoms with Crippen LogP contribution < -0.4 is 4.90 Å². The lowest BCUT2D eigenvalue weighted by atomic mass is 10.1. The first-order valence-electron chi connectivity index (χ1n) is 7.07. The summed E-state index contributed by atoms with van der Waals surface area (Å²) >= 11 is 0. The predicted octanol–water partition coefficient (Wildman–Crippen LogP) is 2.41. The Balaban J connectivity index is 2.13. The number of nitrogens with zero attached hydrogens (tertiary/aromatic N) is 2. The minimum Gasteiger partial charge on any atom is -0.389 e. The molecule has 0 saturated carbocycles. The molecule has 3 nitrogen and oxygen atoms in total. The SMILES string of the molecule is CCCN1CCN(c2cccc(F)c2[C@H](C)O)CC1. The van der Waals surface area contributed by atoms with Crippen LogP contribution in [0.5, 0.6) is 0 Å². The fourth-order valence-corrected chi connectivity index (χ4v) is 2.74. The first kappa shape index (κ1) is 14.3. The van der Waals surface area contributed by atoms with E-state index in [4.69, 9.17) is 0 Å². The van der Waals surface area contributed by atoms with E-state index < -0.39 is 6.10 Å². The third-order valence-electron chi connectivity index (χ3n) is 3.70. The fraction of sp³-hybridized carbons (Fsp3) is 0.600. The normalized spacial score (nSPS) is 18.6. The Bertz CT molecular complexity index is 415. The summed E-state index contributed by atoms with van der Waals surface area (Å²) in [6, 6.07) is 5.04. The van der Waals surface area contributed by atoms with Crippen LogP contribution in [0.1, 0.15) is 31.9 Å². The van der Waals surface area contributed by atoms with Crippen molar-refractivity contribution in [2.75, 3.05) is 37.6 Å². The number of hydrogen-bond acceptors (Lipinski definition) is 3. The topological polar surface area (TPSA) is 26.7 Å². The van der Waals surface area contributed by atoms with Crippen LogP contribution in [-0.4, -0.2) is 42.7 Å². The molecule has 1 aromatic rings. The number of aliphatic hydroxyl groups is 1. The highest BCUT2D eigenvalue weighted by Gasteiger charge is 2.21. The van der Waals surface area contributed by atoms with E-state index in [0.717, 1.165) is 38.4 Å². The maximum atomic E-state index is 13.9. The van der Waals surface area contributed by atoms with E-state index in [0.29, 0.717) is 5.56 Å². The molecule has 2 rings (SSSR count). The highest BCUT2D eigenvalue weighted by Crippen LogP contribution is 2.29. The quantitative estimate of drug-likeness (QED) is 0.906. The number of benzene rings is 1. The zero-order valence-electron chi connectivity index (χ0n) is 11.8. The van der Waals surface area contributed by atoms with E-state index >= 15 is 0 Å². The molecule has 0 spiro atoms. The average Bonchev–Trinajstić information content (AvgIpc) is 2.39. The second-order valence-electron chi connectivity index (χ2n) is 5.18. The van der Waals surface area contributed by atoms with E-state index in [1.165, 1.54) is 12.5 Å². The van der Waals surface area contributed by atoms with Crippen molar-refractivity contribution in [2.45, 2.75) is 26.4 Å². The molecule has 0 radical (unpaired) electrons. The molecule has 0 bridgehead atoms. The molecule has 19 heavy (non-hydrogen) atoms. The summed E-state index contributed by atoms with van der Waals surface area (Å²) in [4.78, 5) is 4.61. The molecule has 4 heteroatoms. The Morgan fingerprint density at radius 1 is 1.26 bits per heavy atom. The van der Waals surface area contributed by atoms with Gasteiger partial charge in [0.1, 0.15) is 5.82 Å². The van der Waals surface area contributed by atoms with Gasteiger partial charge < -0.3 is 10.0 Å². The third-order valence-corrected chi connectivity index (χ3v) is 3.70. The molecule has 1 atom stereocenters. The minimum absolute atomic E-state index is 0.316. The maximum absolute atomic E-state index is 13.9. The summed E-state index contributed by atoms with van der Waals surface area (Å²) in [5.41, 5.74) is 1.26. The molecular weight excluding hydrogens is 243 g/mol. The van der Waals surface area contributed by atoms with Crippen LogP contribution in [0.2, 0.25) is 0 Å². The van der Waals surface area contributed by atoms with E-state index in [9.17, 15) is 9.50 Å². The Morgan fingerprint density at radius 3 is 2.53 bits per heavy atom. The fourth-order valence-electron chi connectivity index (χ4n) is 2.74. The average molecular weight is 266 g/mol. The van der Waals surface area contributed by atoms with Gasteiger partial charge in [0.15, 0.2) is 0 Å². The van der Waals surface area contributed by atoms with Crippen molar-refractivity contribution in [3.8, 4) is 0 Å². The molecule has 1 N–H and O–H groups in total. The zero-order valence-corrected chi connectivity index (χ0v) is 11.8. The number of aliphatic hydroxyl groups excluding tert-OH is 1. The van der Waals surface area contributed by atoms with Crippen LogP contribution in [0.25, 0.3) is 0 Å². The van der Waals surface area contributed by atoms with Crippen molar-refractivity contribution in [3.05, 3.63) is 29.6 Å². The van der Waals surface area contributed by atoms with Crippen molar-refractivity contribution >= 4 is 5.69 Å². The van der Waals surface area contributed by atoms with Crippen LogP contribution in [-0.2, 0) is 0 Å². The second-order valence-corrected chi connectivity index (χ2v) is 5.18. The summed E-state index contributed by atoms with van der Waals surface area (Å²) < 4.78 is 13.9. The highest BCUT2D eigenvalue weighted by atomic mass is 19.1. The summed E-state index contributed by atoms with van der Waals surface area (Å²) in [7, 11) is 0. The molecule has 106 valence electrons. The van der Waals surface area contributed by atoms with Crippen LogP contribution in [0.3, 0.4) is 0 Å². The first-order chi connectivity index (χ1) is 9.13. The van der Waals surface area contributed by atoms with Crippen molar-refractivity contribution in [2.24, 2.45) is 0 Å². The van der Waals surface area contributed by atoms with E-state index in [1.54, 1.807) is 13.0 Å². The maximum Gasteiger partial charge on any atom is 0.131 e. The Labute approximate surface area is 114 Å². The third kappa shape index (κ3) is 3.25. The standard InChI is InChI=1S/C15H23FN2O/c1-3-7-17-8-10-18(11-9-17)14-6-4-5-13(16)15(14)12(2)19/h4-6,12,19H,3,7-11H2,1-2H3/t12-/m0/s1. The number of rotatable bonds is 4. The Kier molecular flexibility index (Phi) is 4.77. The summed E-state index contributed by atoms with van der Waals surface area (Å²) in [5, 5.41) is 9.78. The predicted molar refractivity (Wildman–Crippen MR) is 76.0 cm³/mol. The van der Waals surface area contributed by atoms with Gasteiger partial charge in [-0.05, 0) is 32.0 Å². The van der Waals surface area contributed by atoms with Crippen LogP contribution in [0.15, 0.2) is 18.2 Å². The largest absolute Gasteiger partial charge is 0.389 e. The van der Waals surface area contributed by atoms with E-state index in [2.05, 4.69) is 16.7 Å². The van der Waals surface area contributed by atoms with Gasteiger partial charge in [-0.3, -0.25) is 4.90 Å². The summed E-state index contributed by atoms with van der Waals surface area (Å²) in [5.74, 6) is -0.316. The first-order valence-corrected chi connectivity index (χ1v) is 7.07. The van der Waals surface area contributed by atoms with Crippen molar-refractivity contribution in [1.82, 2.24) is 4.90 Å². The molecule has 0 amide bonds. The molecular formula is C15H23FN2O. The lowest BCUT2D eigenvalue weighted by Gasteiger charge is -2.37. The Morgan fingerprint density at radius 2 is 1.95 bits per heavy atom. The van der Waals surface area contributed by atoms with Crippen LogP contribution >= 0.6 is 0 Å². The summed E-state index contributed by atoms with van der Waals surface area (Å²) in [6.07, 6.45) is 0.392. The zero-order chi connectivity index (χ0) is 13.8. The van der Waals surface area contributed by atoms with Gasteiger partial charge in [0.2, 0.25) is 0 Å². The molecule has 0 aliphatic carbocycles. The van der Waals surface area contributed by atoms with Crippen molar-refractivity contribution < 1.29 is 9.50 Å². The highest BCUT2D eigenvalue weighted by molar-refractivity contribution is 5.55. The summed E-state index contributed by atoms with van der Waals surface area (Å²) in [6.45, 7) is 8.72. The van der Waals surface area contributed by atoms with Gasteiger partial charge in [-0.2, -0.15) is 0 Å². The van der Waals surface area contributed by atoms with Gasteiger partial charge in [-0.25, -0.2) is 4.39 Å². The lowest BCUT2D eigenvalue weighted by Crippen LogP contribution is -2.46. The lowest BCUT2D eigenvalue weighted by molar-refractivity contribution is 0.194. The number of halogens is 1. The minimum atomic E-state index is -0.773. The molecule has 0 unspecified atom stereocenters. The number of piperazine rings is 1. The molecule has 1 fully saturated rings. The Hall–Kier alpha value is -1.13.